The molecule has 14 heavy (non-hydrogen) atoms. The van der Waals surface area contributed by atoms with Crippen LogP contribution >= 0.6 is 11.3 Å². The Morgan fingerprint density at radius 3 is 3.00 bits per heavy atom. The second-order valence-electron chi connectivity index (χ2n) is 3.20. The fourth-order valence-electron chi connectivity index (χ4n) is 1.67. The fourth-order valence-corrected chi connectivity index (χ4v) is 2.77. The zero-order valence-corrected chi connectivity index (χ0v) is 8.21. The molecule has 2 nitrogen and oxygen atoms in total. The number of benzene rings is 1. The van der Waals surface area contributed by atoms with Gasteiger partial charge in [-0.1, -0.05) is 12.1 Å². The summed E-state index contributed by atoms with van der Waals surface area (Å²) in [5.41, 5.74) is 6.76. The van der Waals surface area contributed by atoms with Gasteiger partial charge in [-0.3, -0.25) is 4.98 Å². The Morgan fingerprint density at radius 2 is 2.07 bits per heavy atom. The lowest BCUT2D eigenvalue weighted by molar-refractivity contribution is 1.37. The maximum atomic E-state index is 5.91. The zero-order chi connectivity index (χ0) is 9.54. The Kier molecular flexibility index (Phi) is 1.49. The van der Waals surface area contributed by atoms with E-state index in [1.807, 2.05) is 30.6 Å². The van der Waals surface area contributed by atoms with Gasteiger partial charge in [-0.05, 0) is 12.1 Å². The summed E-state index contributed by atoms with van der Waals surface area (Å²) in [6.45, 7) is 0. The molecule has 3 heteroatoms. The molecular formula is C11H8N2S. The highest BCUT2D eigenvalue weighted by molar-refractivity contribution is 7.26. The van der Waals surface area contributed by atoms with E-state index in [9.17, 15) is 0 Å². The normalized spacial score (nSPS) is 11.1. The van der Waals surface area contributed by atoms with Crippen molar-refractivity contribution in [3.05, 3.63) is 36.7 Å². The van der Waals surface area contributed by atoms with Crippen molar-refractivity contribution in [3.63, 3.8) is 0 Å². The fraction of sp³-hybridized carbons (Fsp3) is 0. The molecule has 0 spiro atoms. The second-order valence-corrected chi connectivity index (χ2v) is 4.25. The van der Waals surface area contributed by atoms with Crippen molar-refractivity contribution >= 4 is 37.2 Å². The number of thiophene rings is 1. The molecule has 3 aromatic rings. The summed E-state index contributed by atoms with van der Waals surface area (Å²) in [5.74, 6) is 0. The molecule has 2 aromatic heterocycles. The summed E-state index contributed by atoms with van der Waals surface area (Å²) < 4.78 is 2.36. The topological polar surface area (TPSA) is 38.9 Å². The predicted octanol–water partition coefficient (Wildman–Crippen LogP) is 3.03. The number of nitrogen functional groups attached to an aromatic ring is 1. The Bertz CT molecular complexity index is 613. The van der Waals surface area contributed by atoms with E-state index in [0.29, 0.717) is 0 Å². The number of hydrogen-bond donors (Lipinski definition) is 1. The number of nitrogens with zero attached hydrogens (tertiary/aromatic N) is 1. The van der Waals surface area contributed by atoms with Gasteiger partial charge >= 0.3 is 0 Å². The number of nitrogens with two attached hydrogens (primary N) is 1. The minimum Gasteiger partial charge on any atom is -0.398 e. The van der Waals surface area contributed by atoms with Gasteiger partial charge in [-0.2, -0.15) is 0 Å². The van der Waals surface area contributed by atoms with E-state index < -0.39 is 0 Å². The Hall–Kier alpha value is -1.61. The molecule has 0 aliphatic carbocycles. The lowest BCUT2D eigenvalue weighted by Crippen LogP contribution is -1.81. The first kappa shape index (κ1) is 7.76. The highest BCUT2D eigenvalue weighted by Gasteiger charge is 2.05. The van der Waals surface area contributed by atoms with Crippen LogP contribution in [0.25, 0.3) is 20.2 Å². The van der Waals surface area contributed by atoms with E-state index in [0.717, 1.165) is 10.4 Å². The molecule has 0 bridgehead atoms. The molecular weight excluding hydrogens is 192 g/mol. The molecule has 68 valence electrons. The van der Waals surface area contributed by atoms with Crippen LogP contribution in [0.1, 0.15) is 0 Å². The average Bonchev–Trinajstić information content (AvgIpc) is 2.59. The van der Waals surface area contributed by atoms with Gasteiger partial charge in [0.15, 0.2) is 0 Å². The van der Waals surface area contributed by atoms with Crippen LogP contribution in [0.5, 0.6) is 0 Å². The van der Waals surface area contributed by atoms with Gasteiger partial charge in [0, 0.05) is 28.9 Å². The summed E-state index contributed by atoms with van der Waals surface area (Å²) in [7, 11) is 0. The molecule has 0 saturated heterocycles. The van der Waals surface area contributed by atoms with Crippen LogP contribution in [0, 0.1) is 0 Å². The van der Waals surface area contributed by atoms with E-state index in [4.69, 9.17) is 5.73 Å². The van der Waals surface area contributed by atoms with Gasteiger partial charge in [0.25, 0.3) is 0 Å². The van der Waals surface area contributed by atoms with Gasteiger partial charge in [-0.15, -0.1) is 11.3 Å². The first-order valence-electron chi connectivity index (χ1n) is 4.37. The number of pyridine rings is 1. The Balaban J connectivity index is 2.63. The molecule has 0 radical (unpaired) electrons. The van der Waals surface area contributed by atoms with E-state index >= 15 is 0 Å². The third-order valence-corrected chi connectivity index (χ3v) is 3.54. The van der Waals surface area contributed by atoms with Crippen molar-refractivity contribution in [1.82, 2.24) is 4.98 Å². The Morgan fingerprint density at radius 1 is 1.14 bits per heavy atom. The molecule has 0 amide bonds. The van der Waals surface area contributed by atoms with Crippen molar-refractivity contribution in [2.45, 2.75) is 0 Å². The van der Waals surface area contributed by atoms with Crippen LogP contribution < -0.4 is 5.73 Å². The molecule has 0 fully saturated rings. The summed E-state index contributed by atoms with van der Waals surface area (Å²) in [5, 5.41) is 2.47. The number of hydrogen-bond acceptors (Lipinski definition) is 3. The summed E-state index contributed by atoms with van der Waals surface area (Å²) in [4.78, 5) is 4.11. The van der Waals surface area contributed by atoms with Crippen LogP contribution in [-0.2, 0) is 0 Å². The van der Waals surface area contributed by atoms with Crippen LogP contribution in [0.3, 0.4) is 0 Å². The van der Waals surface area contributed by atoms with E-state index in [1.54, 1.807) is 11.3 Å². The number of rotatable bonds is 0. The first-order chi connectivity index (χ1) is 6.86. The monoisotopic (exact) mass is 200 g/mol. The summed E-state index contributed by atoms with van der Waals surface area (Å²) in [6, 6.07) is 8.06. The van der Waals surface area contributed by atoms with E-state index in [2.05, 4.69) is 11.1 Å². The molecule has 2 N–H and O–H groups in total. The third kappa shape index (κ3) is 0.930. The number of anilines is 1. The van der Waals surface area contributed by atoms with Crippen molar-refractivity contribution < 1.29 is 0 Å². The minimum atomic E-state index is 0.851. The van der Waals surface area contributed by atoms with Crippen LogP contribution in [-0.4, -0.2) is 4.98 Å². The number of fused-ring (bicyclic) bond motifs is 3. The van der Waals surface area contributed by atoms with Crippen LogP contribution in [0.2, 0.25) is 0 Å². The average molecular weight is 200 g/mol. The van der Waals surface area contributed by atoms with Crippen molar-refractivity contribution in [2.24, 2.45) is 0 Å². The lowest BCUT2D eigenvalue weighted by atomic mass is 10.2. The van der Waals surface area contributed by atoms with Crippen molar-refractivity contribution in [2.75, 3.05) is 5.73 Å². The zero-order valence-electron chi connectivity index (χ0n) is 7.40. The molecule has 2 heterocycles. The second kappa shape index (κ2) is 2.69. The smallest absolute Gasteiger partial charge is 0.0585 e. The predicted molar refractivity (Wildman–Crippen MR) is 61.5 cm³/mol. The van der Waals surface area contributed by atoms with Gasteiger partial charge < -0.3 is 5.73 Å². The van der Waals surface area contributed by atoms with Gasteiger partial charge in [0.1, 0.15) is 0 Å². The third-order valence-electron chi connectivity index (χ3n) is 2.33. The van der Waals surface area contributed by atoms with Crippen molar-refractivity contribution in [3.8, 4) is 0 Å². The molecule has 0 unspecified atom stereocenters. The number of aromatic nitrogens is 1. The minimum absolute atomic E-state index is 0.851. The maximum absolute atomic E-state index is 5.91. The maximum Gasteiger partial charge on any atom is 0.0585 e. The van der Waals surface area contributed by atoms with Gasteiger partial charge in [0.05, 0.1) is 9.40 Å². The molecule has 0 saturated carbocycles. The molecule has 0 aliphatic rings. The first-order valence-corrected chi connectivity index (χ1v) is 5.18. The SMILES string of the molecule is Nc1cccc2c1sc1cnccc12. The van der Waals surface area contributed by atoms with E-state index in [1.165, 1.54) is 15.5 Å². The lowest BCUT2D eigenvalue weighted by Gasteiger charge is -1.93. The molecule has 0 aliphatic heterocycles. The van der Waals surface area contributed by atoms with Gasteiger partial charge in [-0.25, -0.2) is 0 Å². The van der Waals surface area contributed by atoms with E-state index in [-0.39, 0.29) is 0 Å². The standard InChI is InChI=1S/C11H8N2S/c12-9-3-1-2-8-7-4-5-13-6-10(7)14-11(8)9/h1-6H,12H2. The van der Waals surface area contributed by atoms with Gasteiger partial charge in [0.2, 0.25) is 0 Å². The summed E-state index contributed by atoms with van der Waals surface area (Å²) >= 11 is 1.70. The van der Waals surface area contributed by atoms with Crippen LogP contribution in [0.4, 0.5) is 5.69 Å². The molecule has 0 atom stereocenters. The molecule has 1 aromatic carbocycles. The highest BCUT2D eigenvalue weighted by Crippen LogP contribution is 2.35. The summed E-state index contributed by atoms with van der Waals surface area (Å²) in [6.07, 6.45) is 3.71. The largest absolute Gasteiger partial charge is 0.398 e. The molecule has 3 rings (SSSR count). The van der Waals surface area contributed by atoms with Crippen LogP contribution in [0.15, 0.2) is 36.7 Å². The Labute approximate surface area is 85.0 Å². The van der Waals surface area contributed by atoms with Crippen molar-refractivity contribution in [1.29, 1.82) is 0 Å². The quantitative estimate of drug-likeness (QED) is 0.566. The highest BCUT2D eigenvalue weighted by atomic mass is 32.1.